The Morgan fingerprint density at radius 2 is 1.74 bits per heavy atom. The highest BCUT2D eigenvalue weighted by Crippen LogP contribution is 2.43. The van der Waals surface area contributed by atoms with E-state index in [2.05, 4.69) is 97.8 Å². The summed E-state index contributed by atoms with van der Waals surface area (Å²) in [6.07, 6.45) is 4.46. The van der Waals surface area contributed by atoms with Crippen LogP contribution in [-0.2, 0) is 6.54 Å². The number of imidazole rings is 1. The van der Waals surface area contributed by atoms with Crippen molar-refractivity contribution < 1.29 is 4.57 Å². The SMILES string of the molecule is CC(C)c1nc2c(sc3ccccc32)c(C(C)C)c1-n1cc[n+]2c1-c1ccccc1C2. The van der Waals surface area contributed by atoms with Crippen LogP contribution in [0.25, 0.3) is 37.4 Å². The zero-order chi connectivity index (χ0) is 21.3. The molecule has 0 saturated carbocycles. The molecule has 0 spiro atoms. The van der Waals surface area contributed by atoms with Crippen molar-refractivity contribution >= 4 is 31.6 Å². The fourth-order valence-electron chi connectivity index (χ4n) is 5.01. The van der Waals surface area contributed by atoms with Gasteiger partial charge >= 0.3 is 0 Å². The second-order valence-corrected chi connectivity index (χ2v) is 10.2. The molecule has 0 fully saturated rings. The number of hydrogen-bond donors (Lipinski definition) is 0. The number of thiophene rings is 1. The van der Waals surface area contributed by atoms with Gasteiger partial charge in [0.2, 0.25) is 0 Å². The minimum absolute atomic E-state index is 0.329. The molecule has 4 heteroatoms. The van der Waals surface area contributed by atoms with E-state index in [-0.39, 0.29) is 0 Å². The Kier molecular flexibility index (Phi) is 4.09. The van der Waals surface area contributed by atoms with Gasteiger partial charge in [-0.05, 0) is 24.0 Å². The lowest BCUT2D eigenvalue weighted by molar-refractivity contribution is -0.671. The molecule has 5 aromatic rings. The van der Waals surface area contributed by atoms with Crippen molar-refractivity contribution in [2.24, 2.45) is 0 Å². The van der Waals surface area contributed by atoms with Crippen molar-refractivity contribution in [1.82, 2.24) is 9.55 Å². The van der Waals surface area contributed by atoms with E-state index in [0.717, 1.165) is 12.1 Å². The Hall–Kier alpha value is -2.98. The van der Waals surface area contributed by atoms with Crippen LogP contribution >= 0.6 is 11.3 Å². The summed E-state index contributed by atoms with van der Waals surface area (Å²) in [5.41, 5.74) is 7.75. The molecule has 1 aliphatic rings. The Morgan fingerprint density at radius 3 is 2.55 bits per heavy atom. The number of nitrogens with zero attached hydrogens (tertiary/aromatic N) is 3. The summed E-state index contributed by atoms with van der Waals surface area (Å²) in [6, 6.07) is 17.5. The molecule has 0 amide bonds. The molecule has 0 N–H and O–H groups in total. The molecule has 0 unspecified atom stereocenters. The summed E-state index contributed by atoms with van der Waals surface area (Å²) in [4.78, 5) is 5.32. The number of benzene rings is 2. The lowest BCUT2D eigenvalue weighted by Gasteiger charge is -2.18. The van der Waals surface area contributed by atoms with E-state index in [4.69, 9.17) is 4.98 Å². The highest BCUT2D eigenvalue weighted by atomic mass is 32.1. The van der Waals surface area contributed by atoms with Gasteiger partial charge in [0.05, 0.1) is 21.5 Å². The first-order valence-electron chi connectivity index (χ1n) is 11.1. The van der Waals surface area contributed by atoms with Crippen molar-refractivity contribution in [2.75, 3.05) is 0 Å². The van der Waals surface area contributed by atoms with E-state index >= 15 is 0 Å². The number of fused-ring (bicyclic) bond motifs is 6. The maximum Gasteiger partial charge on any atom is 0.294 e. The van der Waals surface area contributed by atoms with Crippen LogP contribution in [0.1, 0.15) is 56.4 Å². The molecule has 0 bridgehead atoms. The number of hydrogen-bond acceptors (Lipinski definition) is 2. The third kappa shape index (κ3) is 2.64. The predicted octanol–water partition coefficient (Wildman–Crippen LogP) is 6.80. The lowest BCUT2D eigenvalue weighted by atomic mass is 9.95. The van der Waals surface area contributed by atoms with Gasteiger partial charge in [0.1, 0.15) is 18.9 Å². The van der Waals surface area contributed by atoms with Gasteiger partial charge in [-0.1, -0.05) is 64.1 Å². The molecule has 154 valence electrons. The van der Waals surface area contributed by atoms with Gasteiger partial charge in [0.15, 0.2) is 5.69 Å². The van der Waals surface area contributed by atoms with Crippen LogP contribution in [0.4, 0.5) is 0 Å². The number of aromatic nitrogens is 3. The van der Waals surface area contributed by atoms with Crippen LogP contribution in [0, 0.1) is 0 Å². The van der Waals surface area contributed by atoms with Crippen LogP contribution in [0.2, 0.25) is 0 Å². The Labute approximate surface area is 186 Å². The first-order valence-corrected chi connectivity index (χ1v) is 11.9. The summed E-state index contributed by atoms with van der Waals surface area (Å²) >= 11 is 1.88. The third-order valence-electron chi connectivity index (χ3n) is 6.40. The maximum absolute atomic E-state index is 5.32. The fraction of sp³-hybridized carbons (Fsp3) is 0.259. The average Bonchev–Trinajstić information content (AvgIpc) is 3.43. The molecule has 0 saturated heterocycles. The van der Waals surface area contributed by atoms with Crippen molar-refractivity contribution in [2.45, 2.75) is 46.1 Å². The summed E-state index contributed by atoms with van der Waals surface area (Å²) in [5.74, 6) is 1.99. The van der Waals surface area contributed by atoms with Gasteiger partial charge in [-0.3, -0.25) is 0 Å². The van der Waals surface area contributed by atoms with Crippen LogP contribution in [-0.4, -0.2) is 9.55 Å². The minimum Gasteiger partial charge on any atom is -0.247 e. The summed E-state index contributed by atoms with van der Waals surface area (Å²) in [6.45, 7) is 10.1. The van der Waals surface area contributed by atoms with E-state index in [9.17, 15) is 0 Å². The Morgan fingerprint density at radius 1 is 0.968 bits per heavy atom. The van der Waals surface area contributed by atoms with Crippen LogP contribution in [0.5, 0.6) is 0 Å². The first-order chi connectivity index (χ1) is 15.0. The first kappa shape index (κ1) is 18.8. The normalized spacial score (nSPS) is 13.0. The van der Waals surface area contributed by atoms with E-state index < -0.39 is 0 Å². The predicted molar refractivity (Wildman–Crippen MR) is 129 cm³/mol. The quantitative estimate of drug-likeness (QED) is 0.286. The molecular weight excluding hydrogens is 398 g/mol. The molecule has 6 rings (SSSR count). The van der Waals surface area contributed by atoms with Crippen molar-refractivity contribution in [3.63, 3.8) is 0 Å². The molecule has 31 heavy (non-hydrogen) atoms. The lowest BCUT2D eigenvalue weighted by Crippen LogP contribution is -2.30. The van der Waals surface area contributed by atoms with E-state index in [1.54, 1.807) is 0 Å². The third-order valence-corrected chi connectivity index (χ3v) is 7.60. The molecule has 0 atom stereocenters. The number of rotatable bonds is 3. The zero-order valence-electron chi connectivity index (χ0n) is 18.4. The molecule has 4 heterocycles. The number of pyridine rings is 1. The summed E-state index contributed by atoms with van der Waals surface area (Å²) in [7, 11) is 0. The highest BCUT2D eigenvalue weighted by Gasteiger charge is 2.34. The zero-order valence-corrected chi connectivity index (χ0v) is 19.2. The molecular formula is C27H26N3S+. The minimum atomic E-state index is 0.329. The van der Waals surface area contributed by atoms with Gasteiger partial charge in [-0.25, -0.2) is 9.55 Å². The monoisotopic (exact) mass is 424 g/mol. The van der Waals surface area contributed by atoms with Gasteiger partial charge in [-0.15, -0.1) is 11.3 Å². The van der Waals surface area contributed by atoms with Gasteiger partial charge in [0.25, 0.3) is 5.82 Å². The molecule has 3 aromatic heterocycles. The van der Waals surface area contributed by atoms with Crippen molar-refractivity contribution in [1.29, 1.82) is 0 Å². The van der Waals surface area contributed by atoms with Crippen molar-refractivity contribution in [3.8, 4) is 17.1 Å². The Balaban J connectivity index is 1.75. The topological polar surface area (TPSA) is 21.7 Å². The second kappa shape index (κ2) is 6.76. The van der Waals surface area contributed by atoms with Crippen LogP contribution < -0.4 is 4.57 Å². The largest absolute Gasteiger partial charge is 0.294 e. The van der Waals surface area contributed by atoms with Gasteiger partial charge in [0, 0.05) is 21.2 Å². The molecule has 3 nitrogen and oxygen atoms in total. The van der Waals surface area contributed by atoms with E-state index in [0.29, 0.717) is 11.8 Å². The van der Waals surface area contributed by atoms with Crippen LogP contribution in [0.15, 0.2) is 60.9 Å². The fourth-order valence-corrected chi connectivity index (χ4v) is 6.35. The van der Waals surface area contributed by atoms with Gasteiger partial charge in [-0.2, -0.15) is 4.57 Å². The Bertz CT molecular complexity index is 1470. The molecule has 0 aliphatic carbocycles. The smallest absolute Gasteiger partial charge is 0.247 e. The summed E-state index contributed by atoms with van der Waals surface area (Å²) in [5, 5.41) is 1.27. The second-order valence-electron chi connectivity index (χ2n) is 9.12. The van der Waals surface area contributed by atoms with Gasteiger partial charge < -0.3 is 0 Å². The summed E-state index contributed by atoms with van der Waals surface area (Å²) < 4.78 is 7.42. The van der Waals surface area contributed by atoms with E-state index in [1.807, 2.05) is 11.3 Å². The molecule has 0 radical (unpaired) electrons. The van der Waals surface area contributed by atoms with E-state index in [1.165, 1.54) is 48.7 Å². The van der Waals surface area contributed by atoms with Crippen LogP contribution in [0.3, 0.4) is 0 Å². The molecule has 2 aromatic carbocycles. The van der Waals surface area contributed by atoms with Crippen molar-refractivity contribution in [3.05, 3.63) is 77.7 Å². The molecule has 1 aliphatic heterocycles. The average molecular weight is 425 g/mol. The maximum atomic E-state index is 5.32. The highest BCUT2D eigenvalue weighted by molar-refractivity contribution is 7.26. The standard InChI is InChI=1S/C27H26N3S/c1-16(2)22-25(30-14-13-29-15-18-9-5-6-10-19(18)27(29)30)23(17(3)4)28-24-20-11-7-8-12-21(20)31-26(22)24/h5-14,16-17H,15H2,1-4H3/q+1.